The number of ether oxygens (including phenoxy) is 2. The summed E-state index contributed by atoms with van der Waals surface area (Å²) in [6.45, 7) is 4.19. The summed E-state index contributed by atoms with van der Waals surface area (Å²) in [5.74, 6) is -0.460. The van der Waals surface area contributed by atoms with E-state index in [-0.39, 0.29) is 29.3 Å². The maximum atomic E-state index is 13.3. The van der Waals surface area contributed by atoms with Crippen molar-refractivity contribution in [3.63, 3.8) is 0 Å². The molecular formula is C18H24ClFN2O3. The van der Waals surface area contributed by atoms with Crippen LogP contribution in [0.2, 0.25) is 5.02 Å². The average Bonchev–Trinajstić information content (AvgIpc) is 3.16. The Morgan fingerprint density at radius 2 is 2.28 bits per heavy atom. The number of hydrogen-bond donors (Lipinski definition) is 1. The van der Waals surface area contributed by atoms with Gasteiger partial charge in [-0.3, -0.25) is 0 Å². The maximum Gasteiger partial charge on any atom is 0.317 e. The Balaban J connectivity index is 1.61. The fourth-order valence-corrected chi connectivity index (χ4v) is 3.56. The molecule has 25 heavy (non-hydrogen) atoms. The summed E-state index contributed by atoms with van der Waals surface area (Å²) in [6, 6.07) is 4.45. The molecule has 1 N–H and O–H groups in total. The van der Waals surface area contributed by atoms with Gasteiger partial charge in [0, 0.05) is 13.2 Å². The lowest BCUT2D eigenvalue weighted by Crippen LogP contribution is -2.52. The average molecular weight is 371 g/mol. The fourth-order valence-electron chi connectivity index (χ4n) is 3.38. The molecule has 1 aromatic rings. The first-order valence-corrected chi connectivity index (χ1v) is 9.20. The van der Waals surface area contributed by atoms with Crippen molar-refractivity contribution >= 4 is 17.6 Å². The van der Waals surface area contributed by atoms with Gasteiger partial charge in [0.2, 0.25) is 0 Å². The second-order valence-corrected chi connectivity index (χ2v) is 6.90. The van der Waals surface area contributed by atoms with E-state index in [9.17, 15) is 9.18 Å². The van der Waals surface area contributed by atoms with E-state index in [1.54, 1.807) is 17.0 Å². The molecule has 1 aromatic carbocycles. The van der Waals surface area contributed by atoms with Crippen LogP contribution in [0, 0.1) is 5.82 Å². The Kier molecular flexibility index (Phi) is 6.15. The van der Waals surface area contributed by atoms with Crippen LogP contribution < -0.4 is 5.32 Å². The van der Waals surface area contributed by atoms with Crippen LogP contribution in [0.5, 0.6) is 0 Å². The van der Waals surface area contributed by atoms with Crippen molar-refractivity contribution in [1.82, 2.24) is 10.2 Å². The van der Waals surface area contributed by atoms with Crippen molar-refractivity contribution in [2.75, 3.05) is 26.3 Å². The highest BCUT2D eigenvalue weighted by molar-refractivity contribution is 6.30. The monoisotopic (exact) mass is 370 g/mol. The molecule has 5 nitrogen and oxygen atoms in total. The lowest BCUT2D eigenvalue weighted by Gasteiger charge is -2.35. The Labute approximate surface area is 152 Å². The summed E-state index contributed by atoms with van der Waals surface area (Å²) >= 11 is 5.85. The number of hydrogen-bond acceptors (Lipinski definition) is 3. The predicted octanol–water partition coefficient (Wildman–Crippen LogP) is 3.52. The van der Waals surface area contributed by atoms with Crippen molar-refractivity contribution in [3.8, 4) is 0 Å². The van der Waals surface area contributed by atoms with E-state index in [0.717, 1.165) is 31.4 Å². The van der Waals surface area contributed by atoms with Gasteiger partial charge in [-0.1, -0.05) is 24.6 Å². The minimum absolute atomic E-state index is 0.0246. The second kappa shape index (κ2) is 8.34. The molecule has 3 atom stereocenters. The normalized spacial score (nSPS) is 25.0. The minimum atomic E-state index is -0.460. The number of halogens is 2. The molecular weight excluding hydrogens is 347 g/mol. The molecule has 0 unspecified atom stereocenters. The molecule has 3 rings (SSSR count). The van der Waals surface area contributed by atoms with Gasteiger partial charge >= 0.3 is 6.03 Å². The van der Waals surface area contributed by atoms with E-state index in [2.05, 4.69) is 12.2 Å². The minimum Gasteiger partial charge on any atom is -0.376 e. The van der Waals surface area contributed by atoms with Crippen molar-refractivity contribution < 1.29 is 18.7 Å². The maximum absolute atomic E-state index is 13.3. The molecule has 2 aliphatic heterocycles. The molecule has 2 heterocycles. The molecule has 138 valence electrons. The van der Waals surface area contributed by atoms with Gasteiger partial charge in [-0.05, 0) is 37.0 Å². The van der Waals surface area contributed by atoms with Crippen LogP contribution in [0.3, 0.4) is 0 Å². The summed E-state index contributed by atoms with van der Waals surface area (Å²) in [7, 11) is 0. The molecule has 0 bridgehead atoms. The molecule has 0 spiro atoms. The van der Waals surface area contributed by atoms with Crippen LogP contribution in [-0.2, 0) is 9.47 Å². The predicted molar refractivity (Wildman–Crippen MR) is 93.3 cm³/mol. The molecule has 2 fully saturated rings. The van der Waals surface area contributed by atoms with Crippen molar-refractivity contribution in [2.45, 2.75) is 44.4 Å². The Hall–Kier alpha value is -1.37. The first kappa shape index (κ1) is 18.4. The Morgan fingerprint density at radius 1 is 1.44 bits per heavy atom. The van der Waals surface area contributed by atoms with Gasteiger partial charge in [0.25, 0.3) is 0 Å². The molecule has 0 saturated carbocycles. The molecule has 2 aliphatic rings. The zero-order valence-corrected chi connectivity index (χ0v) is 15.1. The number of nitrogens with one attached hydrogen (secondary N) is 1. The van der Waals surface area contributed by atoms with Crippen LogP contribution in [-0.4, -0.2) is 49.4 Å². The highest BCUT2D eigenvalue weighted by Gasteiger charge is 2.30. The van der Waals surface area contributed by atoms with E-state index >= 15 is 0 Å². The largest absolute Gasteiger partial charge is 0.376 e. The van der Waals surface area contributed by atoms with E-state index in [0.29, 0.717) is 19.7 Å². The summed E-state index contributed by atoms with van der Waals surface area (Å²) in [6.07, 6.45) is 2.65. The van der Waals surface area contributed by atoms with Gasteiger partial charge in [0.15, 0.2) is 0 Å². The molecule has 2 saturated heterocycles. The summed E-state index contributed by atoms with van der Waals surface area (Å²) < 4.78 is 24.8. The number of amides is 2. The fraction of sp³-hybridized carbons (Fsp3) is 0.611. The van der Waals surface area contributed by atoms with E-state index in [1.807, 2.05) is 0 Å². The lowest BCUT2D eigenvalue weighted by molar-refractivity contribution is -0.0168. The number of carbonyl (C=O) groups excluding carboxylic acids is 1. The zero-order valence-electron chi connectivity index (χ0n) is 14.3. The van der Waals surface area contributed by atoms with Gasteiger partial charge in [0.05, 0.1) is 30.3 Å². The van der Waals surface area contributed by atoms with Gasteiger partial charge in [-0.15, -0.1) is 0 Å². The van der Waals surface area contributed by atoms with E-state index in [4.69, 9.17) is 21.1 Å². The third kappa shape index (κ3) is 4.43. The van der Waals surface area contributed by atoms with Crippen LogP contribution in [0.25, 0.3) is 0 Å². The topological polar surface area (TPSA) is 50.8 Å². The highest BCUT2D eigenvalue weighted by Crippen LogP contribution is 2.26. The van der Waals surface area contributed by atoms with Crippen molar-refractivity contribution in [3.05, 3.63) is 34.6 Å². The second-order valence-electron chi connectivity index (χ2n) is 6.49. The van der Waals surface area contributed by atoms with Crippen LogP contribution in [0.4, 0.5) is 9.18 Å². The molecule has 0 radical (unpaired) electrons. The standard InChI is InChI=1S/C18H24ClFN2O3/c1-2-15(16-4-3-8-24-16)21-18(23)22-7-9-25-17(11-22)12-5-6-14(20)13(19)10-12/h5-6,10,15-17H,2-4,7-9,11H2,1H3,(H,21,23)/t15-,16-,17+/m0/s1. The first-order valence-electron chi connectivity index (χ1n) is 8.82. The number of morpholine rings is 1. The Morgan fingerprint density at radius 3 is 2.96 bits per heavy atom. The zero-order chi connectivity index (χ0) is 17.8. The lowest BCUT2D eigenvalue weighted by atomic mass is 10.1. The van der Waals surface area contributed by atoms with Crippen LogP contribution >= 0.6 is 11.6 Å². The third-order valence-corrected chi connectivity index (χ3v) is 5.12. The van der Waals surface area contributed by atoms with E-state index < -0.39 is 5.82 Å². The van der Waals surface area contributed by atoms with Crippen LogP contribution in [0.15, 0.2) is 18.2 Å². The van der Waals surface area contributed by atoms with Gasteiger partial charge in [-0.25, -0.2) is 9.18 Å². The van der Waals surface area contributed by atoms with Crippen molar-refractivity contribution in [1.29, 1.82) is 0 Å². The number of carbonyl (C=O) groups is 1. The number of nitrogens with zero attached hydrogens (tertiary/aromatic N) is 1. The highest BCUT2D eigenvalue weighted by atomic mass is 35.5. The van der Waals surface area contributed by atoms with Crippen LogP contribution in [0.1, 0.15) is 37.9 Å². The Bertz CT molecular complexity index is 610. The quantitative estimate of drug-likeness (QED) is 0.882. The van der Waals surface area contributed by atoms with Gasteiger partial charge in [-0.2, -0.15) is 0 Å². The molecule has 0 aliphatic carbocycles. The smallest absolute Gasteiger partial charge is 0.317 e. The summed E-state index contributed by atoms with van der Waals surface area (Å²) in [4.78, 5) is 14.4. The van der Waals surface area contributed by atoms with Crippen molar-refractivity contribution in [2.24, 2.45) is 0 Å². The molecule has 7 heteroatoms. The number of benzene rings is 1. The van der Waals surface area contributed by atoms with Gasteiger partial charge in [0.1, 0.15) is 11.9 Å². The molecule has 2 amide bonds. The first-order chi connectivity index (χ1) is 12.1. The third-order valence-electron chi connectivity index (χ3n) is 4.83. The van der Waals surface area contributed by atoms with Gasteiger partial charge < -0.3 is 19.7 Å². The number of urea groups is 1. The number of rotatable bonds is 4. The molecule has 0 aromatic heterocycles. The summed E-state index contributed by atoms with van der Waals surface area (Å²) in [5.41, 5.74) is 0.773. The SMILES string of the molecule is CC[C@H](NC(=O)N1CCO[C@@H](c2ccc(F)c(Cl)c2)C1)[C@@H]1CCCO1. The van der Waals surface area contributed by atoms with E-state index in [1.165, 1.54) is 6.07 Å². The summed E-state index contributed by atoms with van der Waals surface area (Å²) in [5, 5.41) is 3.15.